The van der Waals surface area contributed by atoms with Crippen molar-refractivity contribution in [2.45, 2.75) is 31.7 Å². The molecule has 1 fully saturated rings. The molecule has 1 amide bonds. The van der Waals surface area contributed by atoms with Gasteiger partial charge < -0.3 is 14.7 Å². The fraction of sp³-hybridized carbons (Fsp3) is 0.533. The van der Waals surface area contributed by atoms with Gasteiger partial charge >= 0.3 is 0 Å². The highest BCUT2D eigenvalue weighted by atomic mass is 19.1. The minimum atomic E-state index is -0.383. The maximum atomic E-state index is 13.0. The van der Waals surface area contributed by atoms with E-state index in [2.05, 4.69) is 0 Å². The molecule has 1 aromatic rings. The molecule has 4 nitrogen and oxygen atoms in total. The summed E-state index contributed by atoms with van der Waals surface area (Å²) in [6, 6.07) is 6.03. The maximum Gasteiger partial charge on any atom is 0.260 e. The Labute approximate surface area is 118 Å². The monoisotopic (exact) mass is 281 g/mol. The molecule has 0 aliphatic heterocycles. The summed E-state index contributed by atoms with van der Waals surface area (Å²) in [5.74, 6) is -0.132. The molecule has 1 aliphatic rings. The minimum absolute atomic E-state index is 0.0707. The van der Waals surface area contributed by atoms with E-state index in [0.717, 1.165) is 19.3 Å². The number of benzene rings is 1. The smallest absolute Gasteiger partial charge is 0.260 e. The van der Waals surface area contributed by atoms with Gasteiger partial charge in [0, 0.05) is 25.3 Å². The number of carbonyl (C=O) groups excluding carboxylic acids is 1. The van der Waals surface area contributed by atoms with Gasteiger partial charge in [-0.05, 0) is 37.8 Å². The van der Waals surface area contributed by atoms with Crippen molar-refractivity contribution in [1.82, 2.24) is 4.90 Å². The number of amides is 1. The highest BCUT2D eigenvalue weighted by Gasteiger charge is 2.28. The van der Waals surface area contributed by atoms with Crippen molar-refractivity contribution in [3.63, 3.8) is 0 Å². The van der Waals surface area contributed by atoms with Crippen LogP contribution in [0.25, 0.3) is 0 Å². The molecular formula is C15H20FNO3. The number of rotatable bonds is 7. The van der Waals surface area contributed by atoms with Crippen LogP contribution in [0, 0.1) is 5.82 Å². The molecule has 0 heterocycles. The third-order valence-corrected chi connectivity index (χ3v) is 3.55. The van der Waals surface area contributed by atoms with E-state index < -0.39 is 0 Å². The van der Waals surface area contributed by atoms with E-state index in [1.807, 2.05) is 0 Å². The highest BCUT2D eigenvalue weighted by Crippen LogP contribution is 2.25. The van der Waals surface area contributed by atoms with Crippen molar-refractivity contribution in [1.29, 1.82) is 0 Å². The summed E-state index contributed by atoms with van der Waals surface area (Å²) >= 11 is 0. The first kappa shape index (κ1) is 14.8. The Morgan fingerprint density at radius 1 is 1.45 bits per heavy atom. The number of carbonyl (C=O) groups is 1. The summed E-state index contributed by atoms with van der Waals surface area (Å²) in [5, 5.41) is 8.90. The number of nitrogens with zero attached hydrogens (tertiary/aromatic N) is 1. The lowest BCUT2D eigenvalue weighted by Crippen LogP contribution is -2.46. The van der Waals surface area contributed by atoms with Crippen molar-refractivity contribution >= 4 is 5.91 Å². The van der Waals surface area contributed by atoms with E-state index in [1.165, 1.54) is 12.1 Å². The Morgan fingerprint density at radius 3 is 2.85 bits per heavy atom. The van der Waals surface area contributed by atoms with Crippen LogP contribution in [0.15, 0.2) is 24.3 Å². The lowest BCUT2D eigenvalue weighted by atomic mass is 9.91. The van der Waals surface area contributed by atoms with Crippen LogP contribution < -0.4 is 4.74 Å². The third kappa shape index (κ3) is 3.93. The fourth-order valence-electron chi connectivity index (χ4n) is 2.24. The molecule has 0 saturated heterocycles. The molecule has 0 bridgehead atoms. The number of aliphatic hydroxyl groups is 1. The Morgan fingerprint density at radius 2 is 2.25 bits per heavy atom. The normalized spacial score (nSPS) is 14.7. The van der Waals surface area contributed by atoms with E-state index in [9.17, 15) is 9.18 Å². The molecular weight excluding hydrogens is 261 g/mol. The SMILES string of the molecule is O=C(COc1cccc(F)c1)N(CCCO)C1CCC1. The van der Waals surface area contributed by atoms with E-state index >= 15 is 0 Å². The zero-order valence-electron chi connectivity index (χ0n) is 11.4. The van der Waals surface area contributed by atoms with Crippen LogP contribution >= 0.6 is 0 Å². The fourth-order valence-corrected chi connectivity index (χ4v) is 2.24. The molecule has 1 aromatic carbocycles. The van der Waals surface area contributed by atoms with E-state index in [1.54, 1.807) is 17.0 Å². The molecule has 5 heteroatoms. The summed E-state index contributed by atoms with van der Waals surface area (Å²) in [4.78, 5) is 13.9. The molecule has 0 aromatic heterocycles. The topological polar surface area (TPSA) is 49.8 Å². The van der Waals surface area contributed by atoms with Gasteiger partial charge in [-0.15, -0.1) is 0 Å². The summed E-state index contributed by atoms with van der Waals surface area (Å²) in [6.45, 7) is 0.527. The zero-order valence-corrected chi connectivity index (χ0v) is 11.4. The zero-order chi connectivity index (χ0) is 14.4. The van der Waals surface area contributed by atoms with Crippen LogP contribution in [-0.4, -0.2) is 41.7 Å². The van der Waals surface area contributed by atoms with Gasteiger partial charge in [-0.25, -0.2) is 4.39 Å². The minimum Gasteiger partial charge on any atom is -0.484 e. The van der Waals surface area contributed by atoms with Crippen molar-refractivity contribution < 1.29 is 19.0 Å². The number of hydrogen-bond donors (Lipinski definition) is 1. The third-order valence-electron chi connectivity index (χ3n) is 3.55. The Balaban J connectivity index is 1.87. The van der Waals surface area contributed by atoms with Crippen LogP contribution in [-0.2, 0) is 4.79 Å². The van der Waals surface area contributed by atoms with Gasteiger partial charge in [0.05, 0.1) is 0 Å². The first-order chi connectivity index (χ1) is 9.70. The van der Waals surface area contributed by atoms with Gasteiger partial charge in [0.15, 0.2) is 6.61 Å². The highest BCUT2D eigenvalue weighted by molar-refractivity contribution is 5.78. The van der Waals surface area contributed by atoms with Crippen molar-refractivity contribution in [3.05, 3.63) is 30.1 Å². The van der Waals surface area contributed by atoms with Crippen molar-refractivity contribution in [2.75, 3.05) is 19.8 Å². The van der Waals surface area contributed by atoms with Crippen LogP contribution in [0.3, 0.4) is 0 Å². The van der Waals surface area contributed by atoms with E-state index in [-0.39, 0.29) is 31.0 Å². The lowest BCUT2D eigenvalue weighted by molar-refractivity contribution is -0.137. The summed E-state index contributed by atoms with van der Waals surface area (Å²) in [7, 11) is 0. The lowest BCUT2D eigenvalue weighted by Gasteiger charge is -2.37. The number of aliphatic hydroxyl groups excluding tert-OH is 1. The van der Waals surface area contributed by atoms with E-state index in [0.29, 0.717) is 18.7 Å². The molecule has 20 heavy (non-hydrogen) atoms. The van der Waals surface area contributed by atoms with Gasteiger partial charge in [-0.1, -0.05) is 6.07 Å². The molecule has 0 unspecified atom stereocenters. The second kappa shape index (κ2) is 7.24. The predicted molar refractivity (Wildman–Crippen MR) is 72.9 cm³/mol. The number of ether oxygens (including phenoxy) is 1. The quantitative estimate of drug-likeness (QED) is 0.831. The largest absolute Gasteiger partial charge is 0.484 e. The van der Waals surface area contributed by atoms with Crippen LogP contribution in [0.5, 0.6) is 5.75 Å². The standard InChI is InChI=1S/C15H20FNO3/c16-12-4-1-7-14(10-12)20-11-15(19)17(8-3-9-18)13-5-2-6-13/h1,4,7,10,13,18H,2-3,5-6,8-9,11H2. The molecule has 2 rings (SSSR count). The van der Waals surface area contributed by atoms with Crippen molar-refractivity contribution in [3.8, 4) is 5.75 Å². The van der Waals surface area contributed by atoms with Crippen LogP contribution in [0.4, 0.5) is 4.39 Å². The van der Waals surface area contributed by atoms with Crippen molar-refractivity contribution in [2.24, 2.45) is 0 Å². The molecule has 110 valence electrons. The second-order valence-electron chi connectivity index (χ2n) is 5.00. The number of halogens is 1. The van der Waals surface area contributed by atoms with E-state index in [4.69, 9.17) is 9.84 Å². The van der Waals surface area contributed by atoms with Gasteiger partial charge in [-0.3, -0.25) is 4.79 Å². The van der Waals surface area contributed by atoms with Crippen LogP contribution in [0.2, 0.25) is 0 Å². The summed E-state index contributed by atoms with van der Waals surface area (Å²) < 4.78 is 18.3. The molecule has 1 N–H and O–H groups in total. The first-order valence-corrected chi connectivity index (χ1v) is 6.99. The summed E-state index contributed by atoms with van der Waals surface area (Å²) in [6.07, 6.45) is 3.73. The Bertz CT molecular complexity index is 448. The second-order valence-corrected chi connectivity index (χ2v) is 5.00. The van der Waals surface area contributed by atoms with Gasteiger partial charge in [0.25, 0.3) is 5.91 Å². The first-order valence-electron chi connectivity index (χ1n) is 6.99. The average molecular weight is 281 g/mol. The van der Waals surface area contributed by atoms with Crippen LogP contribution in [0.1, 0.15) is 25.7 Å². The Hall–Kier alpha value is -1.62. The average Bonchev–Trinajstić information content (AvgIpc) is 2.38. The maximum absolute atomic E-state index is 13.0. The predicted octanol–water partition coefficient (Wildman–Crippen LogP) is 1.97. The molecule has 0 radical (unpaired) electrons. The Kier molecular flexibility index (Phi) is 5.35. The summed E-state index contributed by atoms with van der Waals surface area (Å²) in [5.41, 5.74) is 0. The van der Waals surface area contributed by atoms with Gasteiger partial charge in [-0.2, -0.15) is 0 Å². The molecule has 1 saturated carbocycles. The molecule has 1 aliphatic carbocycles. The van der Waals surface area contributed by atoms with Gasteiger partial charge in [0.2, 0.25) is 0 Å². The molecule has 0 spiro atoms. The number of hydrogen-bond acceptors (Lipinski definition) is 3. The molecule has 0 atom stereocenters. The van der Waals surface area contributed by atoms with Gasteiger partial charge in [0.1, 0.15) is 11.6 Å².